The van der Waals surface area contributed by atoms with E-state index in [0.717, 1.165) is 0 Å². The van der Waals surface area contributed by atoms with E-state index < -0.39 is 11.8 Å². The standard InChI is InChI=1S/C21H23N3O5/c1-4-11-29-18-10-9-15(12-19(18)28-5-2)14-22-24-21(26)20(25)23-16-7-6-8-17(13-16)27-3/h4,6-10,12-14H,1,5,11H2,2-3H3,(H,23,25)(H,24,26). The van der Waals surface area contributed by atoms with E-state index in [4.69, 9.17) is 14.2 Å². The first-order valence-corrected chi connectivity index (χ1v) is 8.86. The summed E-state index contributed by atoms with van der Waals surface area (Å²) in [5.74, 6) is -0.0727. The molecule has 0 spiro atoms. The maximum atomic E-state index is 12.0. The van der Waals surface area contributed by atoms with Crippen molar-refractivity contribution >= 4 is 23.7 Å². The van der Waals surface area contributed by atoms with Gasteiger partial charge in [-0.2, -0.15) is 5.10 Å². The van der Waals surface area contributed by atoms with Gasteiger partial charge in [-0.1, -0.05) is 18.7 Å². The van der Waals surface area contributed by atoms with Gasteiger partial charge >= 0.3 is 11.8 Å². The maximum Gasteiger partial charge on any atom is 0.329 e. The lowest BCUT2D eigenvalue weighted by Crippen LogP contribution is -2.32. The number of methoxy groups -OCH3 is 1. The predicted octanol–water partition coefficient (Wildman–Crippen LogP) is 2.75. The summed E-state index contributed by atoms with van der Waals surface area (Å²) in [5, 5.41) is 6.28. The second-order valence-electron chi connectivity index (χ2n) is 5.62. The molecule has 0 bridgehead atoms. The molecule has 2 amide bonds. The highest BCUT2D eigenvalue weighted by Crippen LogP contribution is 2.28. The van der Waals surface area contributed by atoms with E-state index >= 15 is 0 Å². The largest absolute Gasteiger partial charge is 0.497 e. The van der Waals surface area contributed by atoms with E-state index in [2.05, 4.69) is 22.4 Å². The van der Waals surface area contributed by atoms with Crippen molar-refractivity contribution in [2.24, 2.45) is 5.10 Å². The van der Waals surface area contributed by atoms with Crippen molar-refractivity contribution < 1.29 is 23.8 Å². The molecular formula is C21H23N3O5. The second kappa shape index (κ2) is 11.1. The number of carbonyl (C=O) groups excluding carboxylic acids is 2. The molecule has 2 aromatic rings. The summed E-state index contributed by atoms with van der Waals surface area (Å²) < 4.78 is 16.1. The monoisotopic (exact) mass is 397 g/mol. The van der Waals surface area contributed by atoms with Crippen LogP contribution in [0.3, 0.4) is 0 Å². The topological polar surface area (TPSA) is 98.2 Å². The van der Waals surface area contributed by atoms with Crippen molar-refractivity contribution in [3.05, 3.63) is 60.7 Å². The Morgan fingerprint density at radius 1 is 1.10 bits per heavy atom. The quantitative estimate of drug-likeness (QED) is 0.293. The van der Waals surface area contributed by atoms with Crippen LogP contribution < -0.4 is 25.0 Å². The fourth-order valence-corrected chi connectivity index (χ4v) is 2.25. The Labute approximate surface area is 169 Å². The number of nitrogens with zero attached hydrogens (tertiary/aromatic N) is 1. The first kappa shape index (κ1) is 21.5. The van der Waals surface area contributed by atoms with Crippen LogP contribution in [0.5, 0.6) is 17.2 Å². The molecule has 0 aromatic heterocycles. The van der Waals surface area contributed by atoms with Gasteiger partial charge in [-0.3, -0.25) is 9.59 Å². The summed E-state index contributed by atoms with van der Waals surface area (Å²) in [6.07, 6.45) is 3.04. The molecule has 2 aromatic carbocycles. The number of hydrazone groups is 1. The highest BCUT2D eigenvalue weighted by molar-refractivity contribution is 6.39. The lowest BCUT2D eigenvalue weighted by atomic mass is 10.2. The first-order valence-electron chi connectivity index (χ1n) is 8.86. The fraction of sp³-hybridized carbons (Fsp3) is 0.190. The number of benzene rings is 2. The van der Waals surface area contributed by atoms with Crippen LogP contribution in [-0.4, -0.2) is 38.4 Å². The number of carbonyl (C=O) groups is 2. The lowest BCUT2D eigenvalue weighted by molar-refractivity contribution is -0.136. The summed E-state index contributed by atoms with van der Waals surface area (Å²) in [6.45, 7) is 6.29. The molecule has 2 N–H and O–H groups in total. The molecule has 0 unspecified atom stereocenters. The molecule has 152 valence electrons. The Morgan fingerprint density at radius 3 is 2.66 bits per heavy atom. The van der Waals surface area contributed by atoms with Crippen molar-refractivity contribution in [1.82, 2.24) is 5.43 Å². The number of nitrogens with one attached hydrogen (secondary N) is 2. The van der Waals surface area contributed by atoms with Crippen LogP contribution in [0.15, 0.2) is 60.2 Å². The summed E-state index contributed by atoms with van der Waals surface area (Å²) in [7, 11) is 1.51. The number of anilines is 1. The molecule has 8 heteroatoms. The number of rotatable bonds is 9. The molecule has 0 radical (unpaired) electrons. The second-order valence-corrected chi connectivity index (χ2v) is 5.62. The highest BCUT2D eigenvalue weighted by atomic mass is 16.5. The van der Waals surface area contributed by atoms with Crippen LogP contribution in [0.25, 0.3) is 0 Å². The van der Waals surface area contributed by atoms with Crippen LogP contribution in [-0.2, 0) is 9.59 Å². The van der Waals surface area contributed by atoms with Crippen LogP contribution in [0.4, 0.5) is 5.69 Å². The summed E-state index contributed by atoms with van der Waals surface area (Å²) >= 11 is 0. The first-order chi connectivity index (χ1) is 14.1. The van der Waals surface area contributed by atoms with Crippen LogP contribution in [0.1, 0.15) is 12.5 Å². The SMILES string of the molecule is C=CCOc1ccc(C=NNC(=O)C(=O)Nc2cccc(OC)c2)cc1OCC. The molecule has 0 saturated heterocycles. The third-order valence-electron chi connectivity index (χ3n) is 3.54. The van der Waals surface area contributed by atoms with Gasteiger partial charge in [0, 0.05) is 11.8 Å². The van der Waals surface area contributed by atoms with Gasteiger partial charge in [0.15, 0.2) is 11.5 Å². The van der Waals surface area contributed by atoms with Gasteiger partial charge in [0.2, 0.25) is 0 Å². The minimum absolute atomic E-state index is 0.353. The zero-order chi connectivity index (χ0) is 21.1. The molecule has 0 aliphatic heterocycles. The van der Waals surface area contributed by atoms with Crippen molar-refractivity contribution in [2.45, 2.75) is 6.92 Å². The van der Waals surface area contributed by atoms with E-state index in [1.807, 2.05) is 6.92 Å². The zero-order valence-electron chi connectivity index (χ0n) is 16.3. The van der Waals surface area contributed by atoms with Gasteiger partial charge in [-0.15, -0.1) is 0 Å². The van der Waals surface area contributed by atoms with E-state index in [1.165, 1.54) is 13.3 Å². The van der Waals surface area contributed by atoms with Gasteiger partial charge in [-0.25, -0.2) is 5.43 Å². The van der Waals surface area contributed by atoms with E-state index in [9.17, 15) is 9.59 Å². The minimum Gasteiger partial charge on any atom is -0.497 e. The number of hydrogen-bond donors (Lipinski definition) is 2. The molecule has 29 heavy (non-hydrogen) atoms. The lowest BCUT2D eigenvalue weighted by Gasteiger charge is -2.11. The van der Waals surface area contributed by atoms with E-state index in [-0.39, 0.29) is 0 Å². The number of amides is 2. The average molecular weight is 397 g/mol. The summed E-state index contributed by atoms with van der Waals surface area (Å²) in [6, 6.07) is 11.9. The Bertz CT molecular complexity index is 896. The Morgan fingerprint density at radius 2 is 1.93 bits per heavy atom. The number of ether oxygens (including phenoxy) is 3. The van der Waals surface area contributed by atoms with Gasteiger partial charge in [0.05, 0.1) is 19.9 Å². The molecule has 0 aliphatic carbocycles. The van der Waals surface area contributed by atoms with Gasteiger partial charge in [-0.05, 0) is 42.8 Å². The molecule has 2 rings (SSSR count). The average Bonchev–Trinajstić information content (AvgIpc) is 2.73. The van der Waals surface area contributed by atoms with E-state index in [1.54, 1.807) is 48.5 Å². The van der Waals surface area contributed by atoms with Crippen molar-refractivity contribution in [1.29, 1.82) is 0 Å². The van der Waals surface area contributed by atoms with Crippen LogP contribution in [0.2, 0.25) is 0 Å². The van der Waals surface area contributed by atoms with Crippen molar-refractivity contribution in [2.75, 3.05) is 25.6 Å². The smallest absolute Gasteiger partial charge is 0.329 e. The highest BCUT2D eigenvalue weighted by Gasteiger charge is 2.13. The summed E-state index contributed by atoms with van der Waals surface area (Å²) in [4.78, 5) is 23.9. The summed E-state index contributed by atoms with van der Waals surface area (Å²) in [5.41, 5.74) is 3.28. The predicted molar refractivity (Wildman–Crippen MR) is 111 cm³/mol. The third-order valence-corrected chi connectivity index (χ3v) is 3.54. The van der Waals surface area contributed by atoms with Crippen molar-refractivity contribution in [3.63, 3.8) is 0 Å². The molecule has 8 nitrogen and oxygen atoms in total. The molecule has 0 fully saturated rings. The Balaban J connectivity index is 1.96. The normalized spacial score (nSPS) is 10.3. The van der Waals surface area contributed by atoms with E-state index in [0.29, 0.717) is 41.7 Å². The maximum absolute atomic E-state index is 12.0. The Hall–Kier alpha value is -3.81. The molecule has 0 aliphatic rings. The fourth-order valence-electron chi connectivity index (χ4n) is 2.25. The number of hydrogen-bond acceptors (Lipinski definition) is 6. The Kier molecular flexibility index (Phi) is 8.25. The molecule has 0 atom stereocenters. The zero-order valence-corrected chi connectivity index (χ0v) is 16.3. The van der Waals surface area contributed by atoms with Crippen molar-refractivity contribution in [3.8, 4) is 17.2 Å². The minimum atomic E-state index is -0.903. The van der Waals surface area contributed by atoms with Gasteiger partial charge in [0.25, 0.3) is 0 Å². The van der Waals surface area contributed by atoms with Gasteiger partial charge in [0.1, 0.15) is 12.4 Å². The van der Waals surface area contributed by atoms with Gasteiger partial charge < -0.3 is 19.5 Å². The molecular weight excluding hydrogens is 374 g/mol. The van der Waals surface area contributed by atoms with Crippen LogP contribution >= 0.6 is 0 Å². The molecule has 0 saturated carbocycles. The molecule has 0 heterocycles. The third kappa shape index (κ3) is 6.69. The van der Waals surface area contributed by atoms with Crippen LogP contribution in [0, 0.1) is 0 Å².